The maximum Gasteiger partial charge on any atom is 0.229 e. The Kier molecular flexibility index (Phi) is 6.32. The maximum absolute atomic E-state index is 4.83. The third-order valence-corrected chi connectivity index (χ3v) is 5.39. The Bertz CT molecular complexity index is 722. The van der Waals surface area contributed by atoms with Gasteiger partial charge in [0.15, 0.2) is 0 Å². The van der Waals surface area contributed by atoms with Crippen LogP contribution in [0.4, 0.5) is 17.5 Å². The Morgan fingerprint density at radius 1 is 0.963 bits per heavy atom. The van der Waals surface area contributed by atoms with Gasteiger partial charge in [0.05, 0.1) is 0 Å². The van der Waals surface area contributed by atoms with Gasteiger partial charge in [0.1, 0.15) is 5.82 Å². The average molecular weight is 368 g/mol. The normalized spacial score (nSPS) is 15.6. The Morgan fingerprint density at radius 2 is 1.59 bits per heavy atom. The summed E-state index contributed by atoms with van der Waals surface area (Å²) in [6.07, 6.45) is 1.86. The standard InChI is InChI=1S/C22H33N5/c1-6-26-12-14-27(15-13-26)20-10-11-23-22(24-20)25-21-18(16(2)3)8-7-9-19(21)17(4)5/h7-11,16-17H,6,12-15H2,1-5H3,(H,23,24,25). The highest BCUT2D eigenvalue weighted by Crippen LogP contribution is 2.34. The predicted octanol–water partition coefficient (Wildman–Crippen LogP) is 4.61. The first-order valence-corrected chi connectivity index (χ1v) is 10.2. The fourth-order valence-corrected chi connectivity index (χ4v) is 3.69. The summed E-state index contributed by atoms with van der Waals surface area (Å²) >= 11 is 0. The molecule has 5 heteroatoms. The minimum atomic E-state index is 0.441. The van der Waals surface area contributed by atoms with Crippen molar-refractivity contribution in [2.24, 2.45) is 0 Å². The lowest BCUT2D eigenvalue weighted by Crippen LogP contribution is -2.46. The molecule has 0 atom stereocenters. The first-order chi connectivity index (χ1) is 13.0. The average Bonchev–Trinajstić information content (AvgIpc) is 2.68. The van der Waals surface area contributed by atoms with E-state index >= 15 is 0 Å². The number of aromatic nitrogens is 2. The molecular weight excluding hydrogens is 334 g/mol. The van der Waals surface area contributed by atoms with E-state index in [1.807, 2.05) is 12.3 Å². The van der Waals surface area contributed by atoms with Crippen LogP contribution in [0.3, 0.4) is 0 Å². The van der Waals surface area contributed by atoms with Crippen molar-refractivity contribution >= 4 is 17.5 Å². The van der Waals surface area contributed by atoms with Gasteiger partial charge in [-0.15, -0.1) is 0 Å². The highest BCUT2D eigenvalue weighted by Gasteiger charge is 2.18. The summed E-state index contributed by atoms with van der Waals surface area (Å²) in [4.78, 5) is 14.2. The summed E-state index contributed by atoms with van der Waals surface area (Å²) in [6, 6.07) is 8.57. The first kappa shape index (κ1) is 19.6. The summed E-state index contributed by atoms with van der Waals surface area (Å²) in [7, 11) is 0. The smallest absolute Gasteiger partial charge is 0.229 e. The van der Waals surface area contributed by atoms with Crippen molar-refractivity contribution in [3.8, 4) is 0 Å². The van der Waals surface area contributed by atoms with Crippen LogP contribution >= 0.6 is 0 Å². The Morgan fingerprint density at radius 3 is 2.15 bits per heavy atom. The van der Waals surface area contributed by atoms with E-state index in [1.165, 1.54) is 11.1 Å². The molecule has 27 heavy (non-hydrogen) atoms. The predicted molar refractivity (Wildman–Crippen MR) is 114 cm³/mol. The summed E-state index contributed by atoms with van der Waals surface area (Å²) < 4.78 is 0. The molecule has 5 nitrogen and oxygen atoms in total. The van der Waals surface area contributed by atoms with Crippen LogP contribution in [-0.2, 0) is 0 Å². The second kappa shape index (κ2) is 8.70. The summed E-state index contributed by atoms with van der Waals surface area (Å²) in [5.41, 5.74) is 3.79. The van der Waals surface area contributed by atoms with E-state index < -0.39 is 0 Å². The molecule has 3 rings (SSSR count). The highest BCUT2D eigenvalue weighted by atomic mass is 15.3. The zero-order valence-electron chi connectivity index (χ0n) is 17.4. The van der Waals surface area contributed by atoms with Crippen molar-refractivity contribution in [2.75, 3.05) is 42.9 Å². The number of hydrogen-bond acceptors (Lipinski definition) is 5. The monoisotopic (exact) mass is 367 g/mol. The molecule has 1 fully saturated rings. The lowest BCUT2D eigenvalue weighted by Gasteiger charge is -2.34. The van der Waals surface area contributed by atoms with Gasteiger partial charge >= 0.3 is 0 Å². The zero-order valence-corrected chi connectivity index (χ0v) is 17.4. The van der Waals surface area contributed by atoms with Crippen molar-refractivity contribution in [3.05, 3.63) is 41.6 Å². The molecule has 0 amide bonds. The van der Waals surface area contributed by atoms with Crippen molar-refractivity contribution in [3.63, 3.8) is 0 Å². The van der Waals surface area contributed by atoms with Gasteiger partial charge < -0.3 is 15.1 Å². The lowest BCUT2D eigenvalue weighted by atomic mass is 9.93. The van der Waals surface area contributed by atoms with Crippen molar-refractivity contribution < 1.29 is 0 Å². The second-order valence-corrected chi connectivity index (χ2v) is 7.91. The van der Waals surface area contributed by atoms with Crippen LogP contribution in [-0.4, -0.2) is 47.6 Å². The molecule has 0 radical (unpaired) electrons. The molecule has 0 aliphatic carbocycles. The molecule has 1 saturated heterocycles. The quantitative estimate of drug-likeness (QED) is 0.808. The molecule has 0 saturated carbocycles. The second-order valence-electron chi connectivity index (χ2n) is 7.91. The number of anilines is 3. The topological polar surface area (TPSA) is 44.3 Å². The van der Waals surface area contributed by atoms with E-state index in [1.54, 1.807) is 0 Å². The van der Waals surface area contributed by atoms with E-state index in [2.05, 4.69) is 72.9 Å². The number of hydrogen-bond donors (Lipinski definition) is 1. The lowest BCUT2D eigenvalue weighted by molar-refractivity contribution is 0.270. The van der Waals surface area contributed by atoms with Gasteiger partial charge in [-0.2, -0.15) is 4.98 Å². The van der Waals surface area contributed by atoms with Gasteiger partial charge in [0.2, 0.25) is 5.95 Å². The number of piperazine rings is 1. The number of nitrogens with one attached hydrogen (secondary N) is 1. The summed E-state index contributed by atoms with van der Waals surface area (Å²) in [5, 5.41) is 3.54. The Hall–Kier alpha value is -2.14. The number of nitrogens with zero attached hydrogens (tertiary/aromatic N) is 4. The molecule has 0 bridgehead atoms. The van der Waals surface area contributed by atoms with Crippen LogP contribution in [0.25, 0.3) is 0 Å². The number of rotatable bonds is 6. The summed E-state index contributed by atoms with van der Waals surface area (Å²) in [6.45, 7) is 16.5. The van der Waals surface area contributed by atoms with Gasteiger partial charge in [-0.05, 0) is 35.6 Å². The Labute approximate surface area is 163 Å². The molecular formula is C22H33N5. The van der Waals surface area contributed by atoms with E-state index in [0.717, 1.165) is 44.2 Å². The van der Waals surface area contributed by atoms with Crippen LogP contribution in [0.5, 0.6) is 0 Å². The number of para-hydroxylation sites is 1. The van der Waals surface area contributed by atoms with Gasteiger partial charge in [-0.3, -0.25) is 0 Å². The van der Waals surface area contributed by atoms with E-state index in [-0.39, 0.29) is 0 Å². The van der Waals surface area contributed by atoms with Crippen LogP contribution < -0.4 is 10.2 Å². The van der Waals surface area contributed by atoms with Crippen molar-refractivity contribution in [2.45, 2.75) is 46.5 Å². The molecule has 2 heterocycles. The van der Waals surface area contributed by atoms with Gasteiger partial charge in [-0.1, -0.05) is 52.8 Å². The zero-order chi connectivity index (χ0) is 19.4. The Balaban J connectivity index is 1.85. The molecule has 1 aromatic carbocycles. The van der Waals surface area contributed by atoms with Gasteiger partial charge in [0, 0.05) is 38.1 Å². The van der Waals surface area contributed by atoms with Crippen LogP contribution in [0.1, 0.15) is 57.6 Å². The van der Waals surface area contributed by atoms with Gasteiger partial charge in [0.25, 0.3) is 0 Å². The molecule has 0 spiro atoms. The molecule has 1 aliphatic heterocycles. The van der Waals surface area contributed by atoms with E-state index in [9.17, 15) is 0 Å². The molecule has 0 unspecified atom stereocenters. The largest absolute Gasteiger partial charge is 0.354 e. The summed E-state index contributed by atoms with van der Waals surface area (Å²) in [5.74, 6) is 2.57. The van der Waals surface area contributed by atoms with E-state index in [4.69, 9.17) is 4.98 Å². The first-order valence-electron chi connectivity index (χ1n) is 10.2. The van der Waals surface area contributed by atoms with Crippen molar-refractivity contribution in [1.29, 1.82) is 0 Å². The fraction of sp³-hybridized carbons (Fsp3) is 0.545. The van der Waals surface area contributed by atoms with Crippen LogP contribution in [0, 0.1) is 0 Å². The van der Waals surface area contributed by atoms with Gasteiger partial charge in [-0.25, -0.2) is 4.98 Å². The minimum Gasteiger partial charge on any atom is -0.354 e. The number of benzene rings is 1. The van der Waals surface area contributed by atoms with E-state index in [0.29, 0.717) is 17.8 Å². The fourth-order valence-electron chi connectivity index (χ4n) is 3.69. The third kappa shape index (κ3) is 4.59. The molecule has 146 valence electrons. The molecule has 1 aliphatic rings. The molecule has 1 N–H and O–H groups in total. The highest BCUT2D eigenvalue weighted by molar-refractivity contribution is 5.66. The molecule has 1 aromatic heterocycles. The minimum absolute atomic E-state index is 0.441. The van der Waals surface area contributed by atoms with Crippen LogP contribution in [0.15, 0.2) is 30.5 Å². The van der Waals surface area contributed by atoms with Crippen molar-refractivity contribution in [1.82, 2.24) is 14.9 Å². The molecule has 2 aromatic rings. The SMILES string of the molecule is CCN1CCN(c2ccnc(Nc3c(C(C)C)cccc3C(C)C)n2)CC1. The van der Waals surface area contributed by atoms with Crippen LogP contribution in [0.2, 0.25) is 0 Å². The maximum atomic E-state index is 4.83. The number of likely N-dealkylation sites (N-methyl/N-ethyl adjacent to an activating group) is 1. The third-order valence-electron chi connectivity index (χ3n) is 5.39.